The predicted octanol–water partition coefficient (Wildman–Crippen LogP) is 3.60. The van der Waals surface area contributed by atoms with Gasteiger partial charge in [-0.1, -0.05) is 19.3 Å². The predicted molar refractivity (Wildman–Crippen MR) is 72.4 cm³/mol. The minimum atomic E-state index is -1.11. The number of anilines is 1. The lowest BCUT2D eigenvalue weighted by Gasteiger charge is -2.22. The molecule has 5 heteroatoms. The Balaban J connectivity index is 1.79. The molecule has 1 aromatic rings. The first-order chi connectivity index (χ1) is 9.72. The van der Waals surface area contributed by atoms with Gasteiger partial charge in [-0.3, -0.25) is 0 Å². The second-order valence-corrected chi connectivity index (χ2v) is 4.96. The lowest BCUT2D eigenvalue weighted by molar-refractivity contribution is 0.0347. The summed E-state index contributed by atoms with van der Waals surface area (Å²) in [5, 5.41) is 11.4. The van der Waals surface area contributed by atoms with Crippen LogP contribution in [0.1, 0.15) is 37.7 Å². The smallest absolute Gasteiger partial charge is 0.183 e. The summed E-state index contributed by atoms with van der Waals surface area (Å²) in [5.74, 6) is -2.12. The van der Waals surface area contributed by atoms with Crippen LogP contribution in [0.3, 0.4) is 0 Å². The number of hydrogen-bond donors (Lipinski definition) is 1. The van der Waals surface area contributed by atoms with E-state index in [-0.39, 0.29) is 11.3 Å². The summed E-state index contributed by atoms with van der Waals surface area (Å²) < 4.78 is 32.7. The van der Waals surface area contributed by atoms with Gasteiger partial charge in [0.15, 0.2) is 11.6 Å². The molecule has 0 radical (unpaired) electrons. The highest BCUT2D eigenvalue weighted by molar-refractivity contribution is 5.49. The molecular weight excluding hydrogens is 262 g/mol. The first-order valence-corrected chi connectivity index (χ1v) is 6.96. The van der Waals surface area contributed by atoms with Crippen molar-refractivity contribution in [1.82, 2.24) is 0 Å². The summed E-state index contributed by atoms with van der Waals surface area (Å²) >= 11 is 0. The van der Waals surface area contributed by atoms with E-state index in [2.05, 4.69) is 5.32 Å². The minimum Gasteiger partial charge on any atom is -0.380 e. The Morgan fingerprint density at radius 1 is 1.20 bits per heavy atom. The van der Waals surface area contributed by atoms with Crippen LogP contribution in [-0.2, 0) is 4.74 Å². The van der Waals surface area contributed by atoms with Gasteiger partial charge in [-0.05, 0) is 25.0 Å². The van der Waals surface area contributed by atoms with Gasteiger partial charge in [-0.2, -0.15) is 5.26 Å². The van der Waals surface area contributed by atoms with Crippen molar-refractivity contribution in [3.63, 3.8) is 0 Å². The number of nitrogens with zero attached hydrogens (tertiary/aromatic N) is 1. The maximum atomic E-state index is 13.6. The van der Waals surface area contributed by atoms with Crippen LogP contribution in [0.2, 0.25) is 0 Å². The summed E-state index contributed by atoms with van der Waals surface area (Å²) in [6.45, 7) is 0.879. The molecule has 20 heavy (non-hydrogen) atoms. The van der Waals surface area contributed by atoms with Crippen molar-refractivity contribution in [2.75, 3.05) is 18.5 Å². The molecule has 1 N–H and O–H groups in total. The van der Waals surface area contributed by atoms with Crippen LogP contribution in [-0.4, -0.2) is 19.3 Å². The van der Waals surface area contributed by atoms with Crippen molar-refractivity contribution in [3.8, 4) is 6.07 Å². The van der Waals surface area contributed by atoms with Crippen LogP contribution in [0.5, 0.6) is 0 Å². The van der Waals surface area contributed by atoms with E-state index in [1.807, 2.05) is 0 Å². The molecule has 3 nitrogen and oxygen atoms in total. The van der Waals surface area contributed by atoms with Crippen LogP contribution >= 0.6 is 0 Å². The third kappa shape index (κ3) is 3.67. The molecule has 0 aliphatic heterocycles. The summed E-state index contributed by atoms with van der Waals surface area (Å²) in [7, 11) is 0. The minimum absolute atomic E-state index is 0.0637. The Labute approximate surface area is 117 Å². The lowest BCUT2D eigenvalue weighted by atomic mass is 9.98. The van der Waals surface area contributed by atoms with Gasteiger partial charge in [0.2, 0.25) is 0 Å². The molecule has 108 valence electrons. The summed E-state index contributed by atoms with van der Waals surface area (Å²) in [6.07, 6.45) is 6.14. The monoisotopic (exact) mass is 280 g/mol. The van der Waals surface area contributed by atoms with Crippen molar-refractivity contribution >= 4 is 5.69 Å². The number of hydrogen-bond acceptors (Lipinski definition) is 3. The molecule has 1 aliphatic rings. The van der Waals surface area contributed by atoms with Gasteiger partial charge in [-0.25, -0.2) is 8.78 Å². The fraction of sp³-hybridized carbons (Fsp3) is 0.533. The van der Waals surface area contributed by atoms with E-state index in [4.69, 9.17) is 10.00 Å². The molecule has 1 aliphatic carbocycles. The third-order valence-corrected chi connectivity index (χ3v) is 3.53. The van der Waals surface area contributed by atoms with E-state index in [1.165, 1.54) is 31.4 Å². The van der Waals surface area contributed by atoms with E-state index in [0.29, 0.717) is 19.3 Å². The van der Waals surface area contributed by atoms with Crippen LogP contribution in [0.15, 0.2) is 12.1 Å². The van der Waals surface area contributed by atoms with Crippen LogP contribution in [0.25, 0.3) is 0 Å². The first kappa shape index (κ1) is 14.7. The molecule has 2 rings (SSSR count). The number of rotatable bonds is 5. The van der Waals surface area contributed by atoms with Crippen molar-refractivity contribution in [1.29, 1.82) is 5.26 Å². The Morgan fingerprint density at radius 3 is 2.65 bits per heavy atom. The van der Waals surface area contributed by atoms with Crippen molar-refractivity contribution in [2.24, 2.45) is 0 Å². The van der Waals surface area contributed by atoms with Crippen LogP contribution < -0.4 is 5.32 Å². The number of halogens is 2. The number of ether oxygens (including phenoxy) is 1. The van der Waals surface area contributed by atoms with Gasteiger partial charge in [0.25, 0.3) is 0 Å². The van der Waals surface area contributed by atoms with E-state index in [9.17, 15) is 8.78 Å². The quantitative estimate of drug-likeness (QED) is 0.838. The zero-order chi connectivity index (χ0) is 14.4. The summed E-state index contributed by atoms with van der Waals surface area (Å²) in [5.41, 5.74) is -0.222. The number of nitriles is 1. The van der Waals surface area contributed by atoms with Gasteiger partial charge < -0.3 is 10.1 Å². The highest BCUT2D eigenvalue weighted by Gasteiger charge is 2.14. The van der Waals surface area contributed by atoms with Gasteiger partial charge in [0.05, 0.1) is 24.0 Å². The maximum Gasteiger partial charge on any atom is 0.183 e. The second kappa shape index (κ2) is 7.20. The molecule has 0 atom stereocenters. The molecule has 0 heterocycles. The van der Waals surface area contributed by atoms with Crippen molar-refractivity contribution in [2.45, 2.75) is 38.2 Å². The molecule has 1 fully saturated rings. The highest BCUT2D eigenvalue weighted by Crippen LogP contribution is 2.21. The van der Waals surface area contributed by atoms with E-state index in [1.54, 1.807) is 6.07 Å². The van der Waals surface area contributed by atoms with Gasteiger partial charge in [0.1, 0.15) is 6.07 Å². The van der Waals surface area contributed by atoms with Gasteiger partial charge >= 0.3 is 0 Å². The fourth-order valence-electron chi connectivity index (χ4n) is 2.42. The topological polar surface area (TPSA) is 45.0 Å². The largest absolute Gasteiger partial charge is 0.380 e. The molecule has 0 aromatic heterocycles. The van der Waals surface area contributed by atoms with E-state index < -0.39 is 11.6 Å². The zero-order valence-corrected chi connectivity index (χ0v) is 11.3. The average Bonchev–Trinajstić information content (AvgIpc) is 2.49. The average molecular weight is 280 g/mol. The molecule has 0 unspecified atom stereocenters. The standard InChI is InChI=1S/C15H18F2N2O/c16-14-11(10-18)6-7-13(15(14)17)19-8-9-20-12-4-2-1-3-5-12/h6-7,12,19H,1-5,8-9H2. The molecular formula is C15H18F2N2O. The maximum absolute atomic E-state index is 13.6. The molecule has 0 bridgehead atoms. The van der Waals surface area contributed by atoms with E-state index >= 15 is 0 Å². The fourth-order valence-corrected chi connectivity index (χ4v) is 2.42. The Bertz CT molecular complexity index is 493. The third-order valence-electron chi connectivity index (χ3n) is 3.53. The molecule has 1 saturated carbocycles. The molecule has 0 saturated heterocycles. The second-order valence-electron chi connectivity index (χ2n) is 4.96. The van der Waals surface area contributed by atoms with Gasteiger partial charge in [-0.15, -0.1) is 0 Å². The highest BCUT2D eigenvalue weighted by atomic mass is 19.2. The number of benzene rings is 1. The Kier molecular flexibility index (Phi) is 5.31. The lowest BCUT2D eigenvalue weighted by Crippen LogP contribution is -2.20. The summed E-state index contributed by atoms with van der Waals surface area (Å²) in [4.78, 5) is 0. The number of nitrogens with one attached hydrogen (secondary N) is 1. The molecule has 0 amide bonds. The van der Waals surface area contributed by atoms with Crippen molar-refractivity contribution < 1.29 is 13.5 Å². The normalized spacial score (nSPS) is 15.8. The Hall–Kier alpha value is -1.67. The van der Waals surface area contributed by atoms with Crippen molar-refractivity contribution in [3.05, 3.63) is 29.3 Å². The zero-order valence-electron chi connectivity index (χ0n) is 11.3. The molecule has 0 spiro atoms. The van der Waals surface area contributed by atoms with Crippen LogP contribution in [0, 0.1) is 23.0 Å². The Morgan fingerprint density at radius 2 is 1.95 bits per heavy atom. The molecule has 1 aromatic carbocycles. The van der Waals surface area contributed by atoms with Gasteiger partial charge in [0, 0.05) is 6.54 Å². The van der Waals surface area contributed by atoms with Crippen LogP contribution in [0.4, 0.5) is 14.5 Å². The first-order valence-electron chi connectivity index (χ1n) is 6.96. The van der Waals surface area contributed by atoms with E-state index in [0.717, 1.165) is 12.8 Å². The SMILES string of the molecule is N#Cc1ccc(NCCOC2CCCCC2)c(F)c1F. The summed E-state index contributed by atoms with van der Waals surface area (Å²) in [6, 6.07) is 4.25.